The molecule has 0 spiro atoms. The number of rotatable bonds is 7. The number of nitrogens with two attached hydrogens (primary N) is 1. The van der Waals surface area contributed by atoms with Gasteiger partial charge in [0, 0.05) is 6.54 Å². The van der Waals surface area contributed by atoms with E-state index < -0.39 is 29.0 Å². The number of ether oxygens (including phenoxy) is 2. The number of nitrogens with one attached hydrogen (secondary N) is 1. The second-order valence-electron chi connectivity index (χ2n) is 8.06. The van der Waals surface area contributed by atoms with Crippen LogP contribution < -0.4 is 15.8 Å². The van der Waals surface area contributed by atoms with E-state index in [9.17, 15) is 19.6 Å². The topological polar surface area (TPSA) is 135 Å². The summed E-state index contributed by atoms with van der Waals surface area (Å²) in [5.41, 5.74) is 8.15. The molecule has 1 saturated heterocycles. The van der Waals surface area contributed by atoms with Gasteiger partial charge >= 0.3 is 5.97 Å². The van der Waals surface area contributed by atoms with Gasteiger partial charge in [-0.25, -0.2) is 0 Å². The number of thioether (sulfide) groups is 1. The Morgan fingerprint density at radius 3 is 2.44 bits per heavy atom. The molecule has 184 valence electrons. The van der Waals surface area contributed by atoms with Gasteiger partial charge in [-0.3, -0.25) is 19.3 Å². The van der Waals surface area contributed by atoms with Crippen molar-refractivity contribution in [3.63, 3.8) is 0 Å². The number of hydrogen-bond donors (Lipinski definition) is 2. The lowest BCUT2D eigenvalue weighted by Gasteiger charge is -2.32. The summed E-state index contributed by atoms with van der Waals surface area (Å²) >= 11 is 1.07. The molecule has 0 radical (unpaired) electrons. The molecule has 3 N–H and O–H groups in total. The number of carbonyl (C=O) groups is 3. The molecular weight excluding hydrogens is 480 g/mol. The van der Waals surface area contributed by atoms with E-state index in [-0.39, 0.29) is 29.9 Å². The fraction of sp³-hybridized carbons (Fsp3) is 0.231. The fourth-order valence-electron chi connectivity index (χ4n) is 4.15. The molecular formula is C26H24N4O5S. The van der Waals surface area contributed by atoms with Crippen LogP contribution in [0.1, 0.15) is 23.5 Å². The van der Waals surface area contributed by atoms with Gasteiger partial charge < -0.3 is 20.5 Å². The Morgan fingerprint density at radius 2 is 1.83 bits per heavy atom. The number of hydrogen-bond acceptors (Lipinski definition) is 8. The van der Waals surface area contributed by atoms with E-state index in [4.69, 9.17) is 15.2 Å². The monoisotopic (exact) mass is 504 g/mol. The largest absolute Gasteiger partial charge is 0.497 e. The Labute approximate surface area is 212 Å². The van der Waals surface area contributed by atoms with Crippen LogP contribution in [0.15, 0.2) is 76.6 Å². The van der Waals surface area contributed by atoms with E-state index in [1.165, 1.54) is 12.0 Å². The van der Waals surface area contributed by atoms with Crippen molar-refractivity contribution >= 4 is 29.5 Å². The molecule has 0 bridgehead atoms. The number of nitrogens with zero attached hydrogens (tertiary/aromatic N) is 2. The molecule has 2 atom stereocenters. The van der Waals surface area contributed by atoms with Gasteiger partial charge in [0.25, 0.3) is 5.91 Å². The van der Waals surface area contributed by atoms with Crippen LogP contribution in [-0.2, 0) is 25.7 Å². The number of methoxy groups -OCH3 is 2. The predicted octanol–water partition coefficient (Wildman–Crippen LogP) is 2.52. The highest BCUT2D eigenvalue weighted by Gasteiger charge is 2.48. The Balaban J connectivity index is 1.81. The molecule has 36 heavy (non-hydrogen) atoms. The first-order valence-electron chi connectivity index (χ1n) is 11.1. The quantitative estimate of drug-likeness (QED) is 0.549. The first-order chi connectivity index (χ1) is 17.4. The minimum Gasteiger partial charge on any atom is -0.497 e. The van der Waals surface area contributed by atoms with Gasteiger partial charge in [-0.2, -0.15) is 5.26 Å². The van der Waals surface area contributed by atoms with Crippen molar-refractivity contribution in [2.24, 2.45) is 5.73 Å². The lowest BCUT2D eigenvalue weighted by atomic mass is 9.82. The zero-order valence-corrected chi connectivity index (χ0v) is 20.5. The van der Waals surface area contributed by atoms with Crippen molar-refractivity contribution in [3.05, 3.63) is 87.7 Å². The molecule has 0 saturated carbocycles. The van der Waals surface area contributed by atoms with Gasteiger partial charge in [0.1, 0.15) is 16.8 Å². The van der Waals surface area contributed by atoms with Crippen molar-refractivity contribution in [2.45, 2.75) is 24.1 Å². The zero-order chi connectivity index (χ0) is 25.8. The number of allylic oxidation sites excluding steroid dienone is 1. The number of fused-ring (bicyclic) bond motifs is 1. The summed E-state index contributed by atoms with van der Waals surface area (Å²) in [4.78, 5) is 40.0. The molecule has 2 heterocycles. The van der Waals surface area contributed by atoms with E-state index in [2.05, 4.69) is 11.4 Å². The minimum absolute atomic E-state index is 0.0576. The summed E-state index contributed by atoms with van der Waals surface area (Å²) in [5.74, 6) is -1.76. The van der Waals surface area contributed by atoms with Gasteiger partial charge in [-0.1, -0.05) is 54.2 Å². The van der Waals surface area contributed by atoms with Crippen molar-refractivity contribution in [1.82, 2.24) is 10.2 Å². The molecule has 0 unspecified atom stereocenters. The van der Waals surface area contributed by atoms with Crippen LogP contribution in [0.5, 0.6) is 5.75 Å². The summed E-state index contributed by atoms with van der Waals surface area (Å²) in [5, 5.41) is 12.4. The first-order valence-corrected chi connectivity index (χ1v) is 11.9. The maximum atomic E-state index is 13.7. The van der Waals surface area contributed by atoms with Gasteiger partial charge in [0.15, 0.2) is 0 Å². The maximum absolute atomic E-state index is 13.7. The summed E-state index contributed by atoms with van der Waals surface area (Å²) in [6, 6.07) is 18.4. The second kappa shape index (κ2) is 10.6. The van der Waals surface area contributed by atoms with E-state index in [1.54, 1.807) is 31.4 Å². The molecule has 2 aliphatic rings. The van der Waals surface area contributed by atoms with Gasteiger partial charge in [0.2, 0.25) is 5.91 Å². The van der Waals surface area contributed by atoms with Gasteiger partial charge in [-0.05, 0) is 23.3 Å². The molecule has 1 fully saturated rings. The number of esters is 1. The van der Waals surface area contributed by atoms with Gasteiger partial charge in [-0.15, -0.1) is 0 Å². The molecule has 0 aliphatic carbocycles. The van der Waals surface area contributed by atoms with Crippen LogP contribution in [0.2, 0.25) is 0 Å². The minimum atomic E-state index is -0.836. The highest BCUT2D eigenvalue weighted by molar-refractivity contribution is 8.04. The van der Waals surface area contributed by atoms with E-state index in [0.717, 1.165) is 17.3 Å². The lowest BCUT2D eigenvalue weighted by Crippen LogP contribution is -2.40. The van der Waals surface area contributed by atoms with Crippen molar-refractivity contribution in [1.29, 1.82) is 5.26 Å². The SMILES string of the molecule is COC(=O)C[C@@H]1SC2=C(C(=O)NCc3ccccc3)[C@H](c3ccc(OC)cc3)C(C#N)=C(N)N2C1=O. The Hall–Kier alpha value is -4.23. The van der Waals surface area contributed by atoms with Gasteiger partial charge in [0.05, 0.1) is 48.8 Å². The van der Waals surface area contributed by atoms with E-state index in [1.807, 2.05) is 30.3 Å². The van der Waals surface area contributed by atoms with Crippen molar-refractivity contribution < 1.29 is 23.9 Å². The molecule has 4 rings (SSSR count). The van der Waals surface area contributed by atoms with Crippen molar-refractivity contribution in [2.75, 3.05) is 14.2 Å². The van der Waals surface area contributed by atoms with E-state index in [0.29, 0.717) is 16.3 Å². The fourth-order valence-corrected chi connectivity index (χ4v) is 5.47. The predicted molar refractivity (Wildman–Crippen MR) is 133 cm³/mol. The van der Waals surface area contributed by atoms with Crippen LogP contribution in [0, 0.1) is 11.3 Å². The molecule has 9 nitrogen and oxygen atoms in total. The number of carbonyl (C=O) groups excluding carboxylic acids is 3. The van der Waals surface area contributed by atoms with E-state index >= 15 is 0 Å². The van der Waals surface area contributed by atoms with Crippen LogP contribution in [0.3, 0.4) is 0 Å². The summed E-state index contributed by atoms with van der Waals surface area (Å²) in [7, 11) is 2.78. The average molecular weight is 505 g/mol. The zero-order valence-electron chi connectivity index (χ0n) is 19.7. The maximum Gasteiger partial charge on any atom is 0.307 e. The molecule has 2 aliphatic heterocycles. The molecule has 10 heteroatoms. The standard InChI is InChI=1S/C26H24N4O5S/c1-34-17-10-8-16(9-11-17)21-18(13-27)23(28)30-25(33)19(12-20(31)35-2)36-26(30)22(21)24(32)29-14-15-6-4-3-5-7-15/h3-11,19,21H,12,14,28H2,1-2H3,(H,29,32)/t19-,21+/m0/s1. The smallest absolute Gasteiger partial charge is 0.307 e. The molecule has 2 aromatic carbocycles. The third kappa shape index (κ3) is 4.65. The molecule has 2 amide bonds. The Kier molecular flexibility index (Phi) is 7.31. The normalized spacial score (nSPS) is 19.0. The lowest BCUT2D eigenvalue weighted by molar-refractivity contribution is -0.142. The summed E-state index contributed by atoms with van der Waals surface area (Å²) in [6.07, 6.45) is -0.193. The molecule has 2 aromatic rings. The third-order valence-electron chi connectivity index (χ3n) is 5.97. The van der Waals surface area contributed by atoms with Crippen LogP contribution in [0.4, 0.5) is 0 Å². The van der Waals surface area contributed by atoms with Crippen molar-refractivity contribution in [3.8, 4) is 11.8 Å². The number of nitriles is 1. The number of benzene rings is 2. The summed E-state index contributed by atoms with van der Waals surface area (Å²) < 4.78 is 9.98. The summed E-state index contributed by atoms with van der Waals surface area (Å²) in [6.45, 7) is 0.247. The highest BCUT2D eigenvalue weighted by Crippen LogP contribution is 2.50. The first kappa shape index (κ1) is 24.9. The van der Waals surface area contributed by atoms with Crippen LogP contribution >= 0.6 is 11.8 Å². The second-order valence-corrected chi connectivity index (χ2v) is 9.26. The Bertz CT molecular complexity index is 1300. The average Bonchev–Trinajstić information content (AvgIpc) is 3.23. The van der Waals surface area contributed by atoms with Crippen LogP contribution in [-0.4, -0.2) is 42.2 Å². The highest BCUT2D eigenvalue weighted by atomic mass is 32.2. The number of amides is 2. The Morgan fingerprint density at radius 1 is 1.14 bits per heavy atom. The van der Waals surface area contributed by atoms with Crippen LogP contribution in [0.25, 0.3) is 0 Å². The molecule has 0 aromatic heterocycles. The third-order valence-corrected chi connectivity index (χ3v) is 7.25.